The van der Waals surface area contributed by atoms with Gasteiger partial charge in [-0.1, -0.05) is 75.2 Å². The van der Waals surface area contributed by atoms with Crippen molar-refractivity contribution in [2.45, 2.75) is 57.4 Å². The van der Waals surface area contributed by atoms with E-state index in [0.717, 1.165) is 33.6 Å². The van der Waals surface area contributed by atoms with Crippen molar-refractivity contribution >= 4 is 35.3 Å². The van der Waals surface area contributed by atoms with Gasteiger partial charge in [-0.05, 0) is 59.4 Å². The van der Waals surface area contributed by atoms with E-state index < -0.39 is 42.3 Å². The predicted octanol–water partition coefficient (Wildman–Crippen LogP) is 5.19. The number of carbonyl (C=O) groups excluding carboxylic acids is 5. The van der Waals surface area contributed by atoms with Crippen LogP contribution in [0.2, 0.25) is 0 Å². The van der Waals surface area contributed by atoms with Gasteiger partial charge in [-0.3, -0.25) is 19.3 Å². The van der Waals surface area contributed by atoms with Crippen molar-refractivity contribution in [1.82, 2.24) is 4.90 Å². The molecule has 1 N–H and O–H groups in total. The lowest BCUT2D eigenvalue weighted by Crippen LogP contribution is -2.47. The molecule has 1 fully saturated rings. The van der Waals surface area contributed by atoms with Crippen molar-refractivity contribution in [3.05, 3.63) is 101 Å². The quantitative estimate of drug-likeness (QED) is 0.235. The molecule has 232 valence electrons. The van der Waals surface area contributed by atoms with Gasteiger partial charge in [-0.2, -0.15) is 0 Å². The fourth-order valence-corrected chi connectivity index (χ4v) is 7.16. The summed E-state index contributed by atoms with van der Waals surface area (Å²) in [5.41, 5.74) is 4.99. The number of ether oxygens (including phenoxy) is 2. The third kappa shape index (κ3) is 5.41. The van der Waals surface area contributed by atoms with Crippen LogP contribution >= 0.6 is 0 Å². The number of nitrogens with one attached hydrogen (secondary N) is 1. The van der Waals surface area contributed by atoms with E-state index >= 15 is 0 Å². The highest BCUT2D eigenvalue weighted by Gasteiger charge is 2.63. The average Bonchev–Trinajstić information content (AvgIpc) is 3.32. The molecule has 0 aromatic heterocycles. The molecule has 9 nitrogen and oxygen atoms in total. The molecule has 0 spiro atoms. The summed E-state index contributed by atoms with van der Waals surface area (Å²) >= 11 is 0. The van der Waals surface area contributed by atoms with E-state index in [-0.39, 0.29) is 30.1 Å². The molecular weight excluding hydrogens is 572 g/mol. The lowest BCUT2D eigenvalue weighted by molar-refractivity contribution is -0.160. The number of esters is 2. The minimum atomic E-state index is -1.12. The number of benzene rings is 3. The van der Waals surface area contributed by atoms with Crippen molar-refractivity contribution in [2.75, 3.05) is 18.5 Å². The molecule has 1 saturated heterocycles. The van der Waals surface area contributed by atoms with Gasteiger partial charge in [0.05, 0.1) is 24.0 Å². The van der Waals surface area contributed by atoms with Crippen LogP contribution in [0.4, 0.5) is 5.69 Å². The first kappa shape index (κ1) is 30.2. The first-order chi connectivity index (χ1) is 21.8. The maximum Gasteiger partial charge on any atom is 0.338 e. The molecule has 3 aromatic rings. The van der Waals surface area contributed by atoms with E-state index in [2.05, 4.69) is 5.32 Å². The summed E-state index contributed by atoms with van der Waals surface area (Å²) in [5.74, 6) is -4.29. The second-order valence-corrected chi connectivity index (χ2v) is 11.8. The summed E-state index contributed by atoms with van der Waals surface area (Å²) in [4.78, 5) is 67.7. The summed E-state index contributed by atoms with van der Waals surface area (Å²) in [6.45, 7) is 3.60. The number of anilines is 1. The van der Waals surface area contributed by atoms with Gasteiger partial charge in [0.2, 0.25) is 11.8 Å². The topological polar surface area (TPSA) is 119 Å². The van der Waals surface area contributed by atoms with Crippen LogP contribution in [0, 0.1) is 11.8 Å². The number of hydrogen-bond acceptors (Lipinski definition) is 7. The van der Waals surface area contributed by atoms with Crippen LogP contribution in [0.3, 0.4) is 0 Å². The van der Waals surface area contributed by atoms with Gasteiger partial charge < -0.3 is 14.8 Å². The van der Waals surface area contributed by atoms with Crippen molar-refractivity contribution in [3.8, 4) is 0 Å². The Morgan fingerprint density at radius 3 is 1.78 bits per heavy atom. The summed E-state index contributed by atoms with van der Waals surface area (Å²) in [6.07, 6.45) is 2.30. The molecule has 1 heterocycles. The molecular formula is C36H36N2O7. The summed E-state index contributed by atoms with van der Waals surface area (Å²) in [6, 6.07) is 21.0. The monoisotopic (exact) mass is 608 g/mol. The maximum absolute atomic E-state index is 14.2. The molecule has 4 aliphatic rings. The predicted molar refractivity (Wildman–Crippen MR) is 165 cm³/mol. The van der Waals surface area contributed by atoms with Gasteiger partial charge in [0.15, 0.2) is 6.61 Å². The highest BCUT2D eigenvalue weighted by atomic mass is 16.5. The second-order valence-electron chi connectivity index (χ2n) is 11.8. The first-order valence-electron chi connectivity index (χ1n) is 15.6. The van der Waals surface area contributed by atoms with E-state index in [9.17, 15) is 24.0 Å². The number of hydrogen-bond donors (Lipinski definition) is 1. The molecule has 0 saturated carbocycles. The van der Waals surface area contributed by atoms with Crippen LogP contribution in [0.5, 0.6) is 0 Å². The summed E-state index contributed by atoms with van der Waals surface area (Å²) in [5, 5.41) is 2.64. The number of imide groups is 1. The van der Waals surface area contributed by atoms with Gasteiger partial charge >= 0.3 is 11.9 Å². The number of rotatable bonds is 11. The molecule has 0 radical (unpaired) electrons. The molecule has 3 aromatic carbocycles. The van der Waals surface area contributed by atoms with E-state index in [1.165, 1.54) is 12.1 Å². The van der Waals surface area contributed by atoms with Crippen molar-refractivity contribution in [3.63, 3.8) is 0 Å². The fraction of sp³-hybridized carbons (Fsp3) is 0.361. The lowest BCUT2D eigenvalue weighted by atomic mass is 9.55. The highest BCUT2D eigenvalue weighted by Crippen LogP contribution is 2.61. The highest BCUT2D eigenvalue weighted by molar-refractivity contribution is 6.10. The average molecular weight is 609 g/mol. The fourth-order valence-electron chi connectivity index (χ4n) is 7.16. The molecule has 0 unspecified atom stereocenters. The van der Waals surface area contributed by atoms with Crippen molar-refractivity contribution in [1.29, 1.82) is 0 Å². The smallest absolute Gasteiger partial charge is 0.338 e. The van der Waals surface area contributed by atoms with Crippen LogP contribution in [0.15, 0.2) is 72.8 Å². The molecule has 3 atom stereocenters. The normalized spacial score (nSPS) is 21.4. The van der Waals surface area contributed by atoms with Crippen LogP contribution in [0.1, 0.15) is 84.0 Å². The van der Waals surface area contributed by atoms with Gasteiger partial charge in [0.25, 0.3) is 5.91 Å². The minimum Gasteiger partial charge on any atom is -0.462 e. The molecule has 1 aliphatic heterocycles. The van der Waals surface area contributed by atoms with Crippen LogP contribution in [-0.4, -0.2) is 53.8 Å². The number of likely N-dealkylation sites (tertiary alicyclic amines) is 1. The largest absolute Gasteiger partial charge is 0.462 e. The Morgan fingerprint density at radius 1 is 0.756 bits per heavy atom. The van der Waals surface area contributed by atoms with E-state index in [4.69, 9.17) is 9.47 Å². The zero-order chi connectivity index (χ0) is 31.7. The molecule has 2 bridgehead atoms. The molecule has 45 heavy (non-hydrogen) atoms. The zero-order valence-corrected chi connectivity index (χ0v) is 25.4. The first-order valence-corrected chi connectivity index (χ1v) is 15.6. The third-order valence-corrected chi connectivity index (χ3v) is 9.08. The maximum atomic E-state index is 14.2. The van der Waals surface area contributed by atoms with Crippen LogP contribution < -0.4 is 5.32 Å². The molecule has 7 rings (SSSR count). The lowest BCUT2D eigenvalue weighted by Gasteiger charge is -2.45. The molecule has 3 amide bonds. The third-order valence-electron chi connectivity index (χ3n) is 9.08. The summed E-state index contributed by atoms with van der Waals surface area (Å²) in [7, 11) is 0. The summed E-state index contributed by atoms with van der Waals surface area (Å²) < 4.78 is 10.5. The van der Waals surface area contributed by atoms with Crippen LogP contribution in [0.25, 0.3) is 0 Å². The van der Waals surface area contributed by atoms with Crippen LogP contribution in [-0.2, 0) is 28.7 Å². The van der Waals surface area contributed by atoms with Gasteiger partial charge in [0, 0.05) is 17.5 Å². The van der Waals surface area contributed by atoms with E-state index in [0.29, 0.717) is 30.7 Å². The SMILES string of the molecule is CCCC[C@@H](C(=O)OCC(=O)Nc1ccc(C(=O)OCCC)cc1)N1C(=O)[C@@H]2C3c4ccccc4C(c4ccccc43)[C@@H]2C1=O. The standard InChI is InChI=1S/C36H36N2O7/c1-3-5-14-27(36(43)45-20-28(39)37-22-17-15-21(16-18-22)35(42)44-19-4-2)38-33(40)31-29-23-10-6-7-11-24(23)30(32(31)34(38)41)26-13-9-8-12-25(26)29/h6-13,15-18,27,29-32H,3-5,14,19-20H2,1-2H3,(H,37,39)/t27-,29?,30?,31-,32+/m0/s1. The molecule has 3 aliphatic carbocycles. The van der Waals surface area contributed by atoms with Gasteiger partial charge in [-0.15, -0.1) is 0 Å². The number of amides is 3. The van der Waals surface area contributed by atoms with E-state index in [1.54, 1.807) is 12.1 Å². The Labute approximate surface area is 261 Å². The van der Waals surface area contributed by atoms with Gasteiger partial charge in [-0.25, -0.2) is 9.59 Å². The minimum absolute atomic E-state index is 0.249. The number of nitrogens with zero attached hydrogens (tertiary/aromatic N) is 1. The Bertz CT molecular complexity index is 1530. The Kier molecular flexibility index (Phi) is 8.52. The van der Waals surface area contributed by atoms with Crippen molar-refractivity contribution in [2.24, 2.45) is 11.8 Å². The van der Waals surface area contributed by atoms with E-state index in [1.807, 2.05) is 62.4 Å². The Morgan fingerprint density at radius 2 is 1.29 bits per heavy atom. The number of carbonyl (C=O) groups is 5. The zero-order valence-electron chi connectivity index (χ0n) is 25.4. The number of unbranched alkanes of at least 4 members (excludes halogenated alkanes) is 1. The Balaban J connectivity index is 1.17. The Hall–Kier alpha value is -4.79. The van der Waals surface area contributed by atoms with Crippen molar-refractivity contribution < 1.29 is 33.4 Å². The second kappa shape index (κ2) is 12.7. The molecule has 9 heteroatoms. The van der Waals surface area contributed by atoms with Gasteiger partial charge in [0.1, 0.15) is 6.04 Å².